The van der Waals surface area contributed by atoms with Gasteiger partial charge < -0.3 is 4.74 Å². The molecule has 0 radical (unpaired) electrons. The molecule has 0 aliphatic rings. The summed E-state index contributed by atoms with van der Waals surface area (Å²) < 4.78 is 6.43. The molecule has 0 bridgehead atoms. The molecule has 0 aliphatic heterocycles. The van der Waals surface area contributed by atoms with Crippen molar-refractivity contribution in [1.82, 2.24) is 9.78 Å². The average Bonchev–Trinajstić information content (AvgIpc) is 3.05. The lowest BCUT2D eigenvalue weighted by molar-refractivity contribution is 0.0600. The van der Waals surface area contributed by atoms with Gasteiger partial charge in [0, 0.05) is 11.8 Å². The molecule has 3 rings (SSSR count). The number of methoxy groups -OCH3 is 1. The lowest BCUT2D eigenvalue weighted by atomic mass is 10.1. The molecule has 1 aromatic heterocycles. The molecule has 1 heterocycles. The Morgan fingerprint density at radius 1 is 1.17 bits per heavy atom. The van der Waals surface area contributed by atoms with Crippen LogP contribution in [0.3, 0.4) is 0 Å². The minimum atomic E-state index is -0.379. The van der Waals surface area contributed by atoms with Crippen molar-refractivity contribution >= 4 is 12.3 Å². The summed E-state index contributed by atoms with van der Waals surface area (Å²) in [6.45, 7) is 0.457. The van der Waals surface area contributed by atoms with E-state index >= 15 is 0 Å². The minimum Gasteiger partial charge on any atom is -0.465 e. The van der Waals surface area contributed by atoms with Crippen molar-refractivity contribution in [2.75, 3.05) is 7.11 Å². The second kappa shape index (κ2) is 6.91. The molecule has 5 heteroatoms. The third-order valence-electron chi connectivity index (χ3n) is 3.66. The molecular formula is C19H16N2O3. The minimum absolute atomic E-state index is 0.379. The van der Waals surface area contributed by atoms with Gasteiger partial charge in [-0.15, -0.1) is 0 Å². The zero-order valence-corrected chi connectivity index (χ0v) is 13.2. The van der Waals surface area contributed by atoms with E-state index in [2.05, 4.69) is 5.10 Å². The number of hydrogen-bond acceptors (Lipinski definition) is 4. The van der Waals surface area contributed by atoms with Gasteiger partial charge in [-0.2, -0.15) is 5.10 Å². The molecule has 0 aliphatic carbocycles. The zero-order chi connectivity index (χ0) is 16.9. The monoisotopic (exact) mass is 320 g/mol. The fourth-order valence-electron chi connectivity index (χ4n) is 2.53. The molecule has 3 aromatic rings. The summed E-state index contributed by atoms with van der Waals surface area (Å²) in [5, 5.41) is 4.51. The quantitative estimate of drug-likeness (QED) is 0.535. The molecule has 0 amide bonds. The van der Waals surface area contributed by atoms with E-state index in [1.54, 1.807) is 29.1 Å². The molecule has 5 nitrogen and oxygen atoms in total. The maximum Gasteiger partial charge on any atom is 0.337 e. The van der Waals surface area contributed by atoms with E-state index in [0.29, 0.717) is 23.4 Å². The Bertz CT molecular complexity index is 869. The number of carbonyl (C=O) groups excluding carboxylic acids is 2. The van der Waals surface area contributed by atoms with Crippen molar-refractivity contribution in [3.8, 4) is 11.3 Å². The highest BCUT2D eigenvalue weighted by molar-refractivity contribution is 5.89. The molecule has 0 fully saturated rings. The van der Waals surface area contributed by atoms with Crippen LogP contribution in [0, 0.1) is 0 Å². The molecule has 0 saturated carbocycles. The predicted octanol–water partition coefficient (Wildman–Crippen LogP) is 3.20. The number of benzene rings is 2. The zero-order valence-electron chi connectivity index (χ0n) is 13.2. The van der Waals surface area contributed by atoms with Gasteiger partial charge >= 0.3 is 5.97 Å². The van der Waals surface area contributed by atoms with Crippen molar-refractivity contribution in [2.45, 2.75) is 6.54 Å². The van der Waals surface area contributed by atoms with Crippen LogP contribution in [0.5, 0.6) is 0 Å². The standard InChI is InChI=1S/C19H16N2O3/c1-24-19(23)16-9-5-6-14(10-16)11-21-12-17(13-22)18(20-21)15-7-3-2-4-8-15/h2-10,12-13H,11H2,1H3. The van der Waals surface area contributed by atoms with Crippen molar-refractivity contribution in [3.05, 3.63) is 77.5 Å². The van der Waals surface area contributed by atoms with Gasteiger partial charge in [0.2, 0.25) is 0 Å². The topological polar surface area (TPSA) is 61.2 Å². The Hall–Kier alpha value is -3.21. The lowest BCUT2D eigenvalue weighted by Gasteiger charge is -2.04. The van der Waals surface area contributed by atoms with Crippen LogP contribution in [0.2, 0.25) is 0 Å². The molecule has 0 unspecified atom stereocenters. The van der Waals surface area contributed by atoms with Crippen molar-refractivity contribution in [1.29, 1.82) is 0 Å². The van der Waals surface area contributed by atoms with Gasteiger partial charge in [0.05, 0.1) is 24.8 Å². The number of nitrogens with zero attached hydrogens (tertiary/aromatic N) is 2. The summed E-state index contributed by atoms with van der Waals surface area (Å²) in [7, 11) is 1.35. The fourth-order valence-corrected chi connectivity index (χ4v) is 2.53. The first-order valence-corrected chi connectivity index (χ1v) is 7.46. The normalized spacial score (nSPS) is 10.4. The maximum absolute atomic E-state index is 11.6. The van der Waals surface area contributed by atoms with E-state index in [-0.39, 0.29) is 5.97 Å². The summed E-state index contributed by atoms with van der Waals surface area (Å²) in [6.07, 6.45) is 2.51. The van der Waals surface area contributed by atoms with Crippen molar-refractivity contribution in [3.63, 3.8) is 0 Å². The highest BCUT2D eigenvalue weighted by atomic mass is 16.5. The molecule has 120 valence electrons. The number of ether oxygens (including phenoxy) is 1. The number of aromatic nitrogens is 2. The maximum atomic E-state index is 11.6. The van der Waals surface area contributed by atoms with Crippen LogP contribution in [0.25, 0.3) is 11.3 Å². The first kappa shape index (κ1) is 15.7. The van der Waals surface area contributed by atoms with Crippen LogP contribution < -0.4 is 0 Å². The third kappa shape index (κ3) is 3.25. The lowest BCUT2D eigenvalue weighted by Crippen LogP contribution is -2.04. The third-order valence-corrected chi connectivity index (χ3v) is 3.66. The predicted molar refractivity (Wildman–Crippen MR) is 89.9 cm³/mol. The van der Waals surface area contributed by atoms with Gasteiger partial charge in [0.25, 0.3) is 0 Å². The Morgan fingerprint density at radius 2 is 1.96 bits per heavy atom. The molecule has 0 atom stereocenters. The summed E-state index contributed by atoms with van der Waals surface area (Å²) >= 11 is 0. The van der Waals surface area contributed by atoms with Crippen LogP contribution in [0.4, 0.5) is 0 Å². The van der Waals surface area contributed by atoms with Crippen LogP contribution in [0.15, 0.2) is 60.8 Å². The SMILES string of the molecule is COC(=O)c1cccc(Cn2cc(C=O)c(-c3ccccc3)n2)c1. The first-order valence-electron chi connectivity index (χ1n) is 7.46. The van der Waals surface area contributed by atoms with Crippen LogP contribution in [0.1, 0.15) is 26.3 Å². The van der Waals surface area contributed by atoms with E-state index in [4.69, 9.17) is 4.74 Å². The molecule has 24 heavy (non-hydrogen) atoms. The number of aldehydes is 1. The van der Waals surface area contributed by atoms with Crippen LogP contribution >= 0.6 is 0 Å². The summed E-state index contributed by atoms with van der Waals surface area (Å²) in [6, 6.07) is 16.7. The van der Waals surface area contributed by atoms with Crippen molar-refractivity contribution in [2.24, 2.45) is 0 Å². The number of esters is 1. The van der Waals surface area contributed by atoms with E-state index in [0.717, 1.165) is 17.4 Å². The second-order valence-electron chi connectivity index (χ2n) is 5.31. The highest BCUT2D eigenvalue weighted by Gasteiger charge is 2.11. The number of rotatable bonds is 5. The second-order valence-corrected chi connectivity index (χ2v) is 5.31. The molecular weight excluding hydrogens is 304 g/mol. The van der Waals surface area contributed by atoms with E-state index in [9.17, 15) is 9.59 Å². The first-order chi connectivity index (χ1) is 11.7. The van der Waals surface area contributed by atoms with E-state index in [1.807, 2.05) is 36.4 Å². The van der Waals surface area contributed by atoms with Gasteiger partial charge in [-0.1, -0.05) is 42.5 Å². The largest absolute Gasteiger partial charge is 0.465 e. The molecule has 0 N–H and O–H groups in total. The van der Waals surface area contributed by atoms with Gasteiger partial charge in [0.1, 0.15) is 5.69 Å². The van der Waals surface area contributed by atoms with Gasteiger partial charge in [-0.3, -0.25) is 9.48 Å². The highest BCUT2D eigenvalue weighted by Crippen LogP contribution is 2.21. The van der Waals surface area contributed by atoms with E-state index < -0.39 is 0 Å². The Morgan fingerprint density at radius 3 is 2.67 bits per heavy atom. The Balaban J connectivity index is 1.90. The van der Waals surface area contributed by atoms with Crippen LogP contribution in [-0.4, -0.2) is 29.1 Å². The number of carbonyl (C=O) groups is 2. The molecule has 2 aromatic carbocycles. The van der Waals surface area contributed by atoms with Gasteiger partial charge in [-0.25, -0.2) is 4.79 Å². The fraction of sp³-hybridized carbons (Fsp3) is 0.105. The molecule has 0 spiro atoms. The molecule has 0 saturated heterocycles. The summed E-state index contributed by atoms with van der Waals surface area (Å²) in [4.78, 5) is 23.0. The van der Waals surface area contributed by atoms with Crippen LogP contribution in [-0.2, 0) is 11.3 Å². The van der Waals surface area contributed by atoms with Crippen molar-refractivity contribution < 1.29 is 14.3 Å². The average molecular weight is 320 g/mol. The summed E-state index contributed by atoms with van der Waals surface area (Å²) in [5.74, 6) is -0.379. The smallest absolute Gasteiger partial charge is 0.337 e. The van der Waals surface area contributed by atoms with E-state index in [1.165, 1.54) is 7.11 Å². The Kier molecular flexibility index (Phi) is 4.52. The number of hydrogen-bond donors (Lipinski definition) is 0. The van der Waals surface area contributed by atoms with Gasteiger partial charge in [-0.05, 0) is 17.7 Å². The summed E-state index contributed by atoms with van der Waals surface area (Å²) in [5.41, 5.74) is 3.46. The Labute approximate surface area is 139 Å². The van der Waals surface area contributed by atoms with Gasteiger partial charge in [0.15, 0.2) is 6.29 Å².